The Morgan fingerprint density at radius 3 is 2.25 bits per heavy atom. The molecule has 0 spiro atoms. The SMILES string of the molecule is C=C(C(=O)[O-])C(O)(O)c1ccccc1O.[K+]. The van der Waals surface area contributed by atoms with Gasteiger partial charge in [-0.3, -0.25) is 0 Å². The van der Waals surface area contributed by atoms with Crippen molar-refractivity contribution < 1.29 is 76.6 Å². The summed E-state index contributed by atoms with van der Waals surface area (Å²) >= 11 is 0. The van der Waals surface area contributed by atoms with Gasteiger partial charge in [0.1, 0.15) is 5.75 Å². The number of carboxylic acids is 1. The average molecular weight is 248 g/mol. The standard InChI is InChI=1S/C10H10O5.K/c1-6(9(12)13)10(14,15)7-4-2-3-5-8(7)11;/h2-5,11,14-15H,1H2,(H,12,13);/q;+1/p-1. The fourth-order valence-electron chi connectivity index (χ4n) is 1.07. The van der Waals surface area contributed by atoms with Crippen LogP contribution in [0.25, 0.3) is 0 Å². The van der Waals surface area contributed by atoms with Gasteiger partial charge in [0.15, 0.2) is 0 Å². The van der Waals surface area contributed by atoms with Crippen molar-refractivity contribution in [2.24, 2.45) is 0 Å². The molecular formula is C10H9KO5. The number of carbonyl (C=O) groups excluding carboxylic acids is 1. The Morgan fingerprint density at radius 1 is 1.31 bits per heavy atom. The van der Waals surface area contributed by atoms with Crippen molar-refractivity contribution in [1.82, 2.24) is 0 Å². The molecule has 6 heteroatoms. The molecule has 80 valence electrons. The maximum absolute atomic E-state index is 10.4. The summed E-state index contributed by atoms with van der Waals surface area (Å²) in [4.78, 5) is 10.4. The van der Waals surface area contributed by atoms with E-state index in [1.165, 1.54) is 24.3 Å². The second kappa shape index (κ2) is 5.92. The zero-order chi connectivity index (χ0) is 11.6. The van der Waals surface area contributed by atoms with Crippen LogP contribution in [-0.2, 0) is 10.6 Å². The van der Waals surface area contributed by atoms with Crippen LogP contribution < -0.4 is 56.5 Å². The third-order valence-corrected chi connectivity index (χ3v) is 1.95. The Bertz CT molecular complexity index is 413. The molecule has 1 rings (SSSR count). The Labute approximate surface area is 134 Å². The predicted octanol–water partition coefficient (Wildman–Crippen LogP) is -4.16. The zero-order valence-corrected chi connectivity index (χ0v) is 11.8. The molecule has 0 heterocycles. The number of para-hydroxylation sites is 1. The van der Waals surface area contributed by atoms with Gasteiger partial charge in [-0.2, -0.15) is 0 Å². The van der Waals surface area contributed by atoms with E-state index in [0.29, 0.717) is 0 Å². The van der Waals surface area contributed by atoms with Gasteiger partial charge < -0.3 is 25.2 Å². The summed E-state index contributed by atoms with van der Waals surface area (Å²) in [5.74, 6) is -5.09. The minimum Gasteiger partial charge on any atom is -0.545 e. The van der Waals surface area contributed by atoms with Gasteiger partial charge in [0, 0.05) is 5.57 Å². The summed E-state index contributed by atoms with van der Waals surface area (Å²) in [5, 5.41) is 38.7. The van der Waals surface area contributed by atoms with E-state index in [1.54, 1.807) is 0 Å². The number of phenols is 1. The number of hydrogen-bond acceptors (Lipinski definition) is 5. The van der Waals surface area contributed by atoms with Crippen molar-refractivity contribution in [2.45, 2.75) is 5.79 Å². The quantitative estimate of drug-likeness (QED) is 0.286. The van der Waals surface area contributed by atoms with Crippen LogP contribution in [0.2, 0.25) is 0 Å². The van der Waals surface area contributed by atoms with Crippen LogP contribution in [0.15, 0.2) is 36.4 Å². The summed E-state index contributed by atoms with van der Waals surface area (Å²) in [5.41, 5.74) is -1.30. The molecule has 0 aliphatic carbocycles. The van der Waals surface area contributed by atoms with Crippen LogP contribution in [0.5, 0.6) is 5.75 Å². The van der Waals surface area contributed by atoms with Crippen LogP contribution in [-0.4, -0.2) is 21.3 Å². The Kier molecular flexibility index (Phi) is 5.84. The molecular weight excluding hydrogens is 239 g/mol. The smallest absolute Gasteiger partial charge is 0.545 e. The predicted molar refractivity (Wildman–Crippen MR) is 48.4 cm³/mol. The molecule has 1 aromatic carbocycles. The molecule has 16 heavy (non-hydrogen) atoms. The van der Waals surface area contributed by atoms with Crippen LogP contribution in [0, 0.1) is 0 Å². The summed E-state index contributed by atoms with van der Waals surface area (Å²) in [6.07, 6.45) is 0. The van der Waals surface area contributed by atoms with E-state index in [-0.39, 0.29) is 56.9 Å². The molecule has 0 atom stereocenters. The molecule has 0 aliphatic rings. The third-order valence-electron chi connectivity index (χ3n) is 1.95. The minimum atomic E-state index is -2.84. The second-order valence-corrected chi connectivity index (χ2v) is 2.96. The third kappa shape index (κ3) is 3.14. The van der Waals surface area contributed by atoms with Crippen molar-refractivity contribution in [3.05, 3.63) is 42.0 Å². The van der Waals surface area contributed by atoms with Gasteiger partial charge >= 0.3 is 51.4 Å². The number of carboxylic acid groups (broad SMARTS) is 1. The molecule has 5 nitrogen and oxygen atoms in total. The van der Waals surface area contributed by atoms with Crippen molar-refractivity contribution in [2.75, 3.05) is 0 Å². The van der Waals surface area contributed by atoms with Gasteiger partial charge in [-0.15, -0.1) is 0 Å². The number of benzene rings is 1. The van der Waals surface area contributed by atoms with E-state index in [4.69, 9.17) is 0 Å². The van der Waals surface area contributed by atoms with Gasteiger partial charge in [0.05, 0.1) is 11.5 Å². The van der Waals surface area contributed by atoms with Crippen LogP contribution in [0.4, 0.5) is 0 Å². The van der Waals surface area contributed by atoms with Crippen molar-refractivity contribution >= 4 is 5.97 Å². The van der Waals surface area contributed by atoms with Crippen LogP contribution in [0.1, 0.15) is 5.56 Å². The normalized spacial score (nSPS) is 10.4. The molecule has 3 N–H and O–H groups in total. The number of rotatable bonds is 3. The van der Waals surface area contributed by atoms with E-state index in [2.05, 4.69) is 6.58 Å². The first-order chi connectivity index (χ1) is 6.87. The van der Waals surface area contributed by atoms with E-state index < -0.39 is 23.1 Å². The number of aliphatic hydroxyl groups is 2. The van der Waals surface area contributed by atoms with Crippen LogP contribution in [0.3, 0.4) is 0 Å². The van der Waals surface area contributed by atoms with Gasteiger partial charge in [-0.1, -0.05) is 18.7 Å². The number of phenolic OH excluding ortho intramolecular Hbond substituents is 1. The van der Waals surface area contributed by atoms with Crippen molar-refractivity contribution in [1.29, 1.82) is 0 Å². The topological polar surface area (TPSA) is 101 Å². The molecule has 0 saturated carbocycles. The fourth-order valence-corrected chi connectivity index (χ4v) is 1.07. The Hall–Kier alpha value is -0.214. The zero-order valence-electron chi connectivity index (χ0n) is 8.67. The van der Waals surface area contributed by atoms with Crippen LogP contribution >= 0.6 is 0 Å². The van der Waals surface area contributed by atoms with E-state index in [1.807, 2.05) is 0 Å². The summed E-state index contributed by atoms with van der Waals surface area (Å²) < 4.78 is 0. The maximum Gasteiger partial charge on any atom is 1.00 e. The molecule has 0 unspecified atom stereocenters. The van der Waals surface area contributed by atoms with Crippen molar-refractivity contribution in [3.63, 3.8) is 0 Å². The molecule has 0 bridgehead atoms. The second-order valence-electron chi connectivity index (χ2n) is 2.96. The maximum atomic E-state index is 10.4. The van der Waals surface area contributed by atoms with Gasteiger partial charge in [0.25, 0.3) is 0 Å². The summed E-state index contributed by atoms with van der Waals surface area (Å²) in [6, 6.07) is 5.23. The fraction of sp³-hybridized carbons (Fsp3) is 0.100. The molecule has 0 amide bonds. The number of aromatic hydroxyl groups is 1. The van der Waals surface area contributed by atoms with Crippen molar-refractivity contribution in [3.8, 4) is 5.75 Å². The van der Waals surface area contributed by atoms with E-state index >= 15 is 0 Å². The minimum absolute atomic E-state index is 0. The monoisotopic (exact) mass is 248 g/mol. The summed E-state index contributed by atoms with van der Waals surface area (Å²) in [6.45, 7) is 2.97. The molecule has 1 aromatic rings. The number of aliphatic carboxylic acids is 1. The number of carbonyl (C=O) groups is 1. The molecule has 0 saturated heterocycles. The van der Waals surface area contributed by atoms with Gasteiger partial charge in [0.2, 0.25) is 5.79 Å². The summed E-state index contributed by atoms with van der Waals surface area (Å²) in [7, 11) is 0. The molecule has 0 aromatic heterocycles. The molecule has 0 radical (unpaired) electrons. The Morgan fingerprint density at radius 2 is 1.81 bits per heavy atom. The largest absolute Gasteiger partial charge is 1.00 e. The molecule has 0 fully saturated rings. The van der Waals surface area contributed by atoms with E-state index in [9.17, 15) is 25.2 Å². The first-order valence-electron chi connectivity index (χ1n) is 4.01. The average Bonchev–Trinajstić information content (AvgIpc) is 2.16. The Balaban J connectivity index is 0.00000225. The number of hydrogen-bond donors (Lipinski definition) is 3. The van der Waals surface area contributed by atoms with Gasteiger partial charge in [-0.05, 0) is 12.1 Å². The first-order valence-corrected chi connectivity index (χ1v) is 4.01. The first kappa shape index (κ1) is 15.8. The van der Waals surface area contributed by atoms with E-state index in [0.717, 1.165) is 0 Å². The van der Waals surface area contributed by atoms with Gasteiger partial charge in [-0.25, -0.2) is 0 Å². The molecule has 0 aliphatic heterocycles.